The Morgan fingerprint density at radius 1 is 1.46 bits per heavy atom. The second-order valence-electron chi connectivity index (χ2n) is 6.79. The smallest absolute Gasteiger partial charge is 0.263 e. The van der Waals surface area contributed by atoms with Gasteiger partial charge in [0.05, 0.1) is 17.6 Å². The molecule has 128 valence electrons. The molecule has 0 spiro atoms. The number of likely N-dealkylation sites (tertiary alicyclic amines) is 1. The fourth-order valence-corrected chi connectivity index (χ4v) is 4.68. The van der Waals surface area contributed by atoms with Crippen molar-refractivity contribution in [3.63, 3.8) is 0 Å². The van der Waals surface area contributed by atoms with E-state index in [1.54, 1.807) is 11.3 Å². The van der Waals surface area contributed by atoms with Gasteiger partial charge in [0.25, 0.3) is 5.91 Å². The summed E-state index contributed by atoms with van der Waals surface area (Å²) in [4.78, 5) is 21.1. The van der Waals surface area contributed by atoms with E-state index in [0.717, 1.165) is 49.1 Å². The number of aryl methyl sites for hydroxylation is 2. The van der Waals surface area contributed by atoms with Crippen molar-refractivity contribution < 1.29 is 9.53 Å². The number of aromatic amines is 1. The summed E-state index contributed by atoms with van der Waals surface area (Å²) in [5, 5.41) is 7.11. The summed E-state index contributed by atoms with van der Waals surface area (Å²) < 4.78 is 6.02. The minimum absolute atomic E-state index is 0.166. The van der Waals surface area contributed by atoms with Gasteiger partial charge in [0.1, 0.15) is 5.82 Å². The molecule has 2 aliphatic heterocycles. The zero-order valence-corrected chi connectivity index (χ0v) is 14.8. The van der Waals surface area contributed by atoms with Crippen molar-refractivity contribution in [1.29, 1.82) is 0 Å². The quantitative estimate of drug-likeness (QED) is 0.925. The van der Waals surface area contributed by atoms with Gasteiger partial charge < -0.3 is 9.64 Å². The zero-order chi connectivity index (χ0) is 16.7. The summed E-state index contributed by atoms with van der Waals surface area (Å²) >= 11 is 1.58. The molecule has 0 aromatic carbocycles. The van der Waals surface area contributed by atoms with Crippen molar-refractivity contribution >= 4 is 17.2 Å². The van der Waals surface area contributed by atoms with Gasteiger partial charge in [-0.1, -0.05) is 0 Å². The molecule has 2 fully saturated rings. The van der Waals surface area contributed by atoms with E-state index in [1.807, 2.05) is 30.9 Å². The summed E-state index contributed by atoms with van der Waals surface area (Å²) in [6.07, 6.45) is 1.92. The minimum Gasteiger partial charge on any atom is -0.377 e. The van der Waals surface area contributed by atoms with Gasteiger partial charge in [-0.2, -0.15) is 5.10 Å². The SMILES string of the molecule is Cc1nc(C[C@H]2OC[C@H]3CN(C(=O)c4ccc(C)s4)CC[C@H]32)n[nH]1. The minimum atomic E-state index is 0.166. The van der Waals surface area contributed by atoms with Gasteiger partial charge in [-0.05, 0) is 38.3 Å². The van der Waals surface area contributed by atoms with Crippen LogP contribution >= 0.6 is 11.3 Å². The maximum atomic E-state index is 12.6. The topological polar surface area (TPSA) is 71.1 Å². The molecule has 1 N–H and O–H groups in total. The Balaban J connectivity index is 1.39. The molecule has 6 nitrogen and oxygen atoms in total. The summed E-state index contributed by atoms with van der Waals surface area (Å²) in [5.74, 6) is 2.75. The van der Waals surface area contributed by atoms with Crippen molar-refractivity contribution in [2.75, 3.05) is 19.7 Å². The molecule has 0 aliphatic carbocycles. The van der Waals surface area contributed by atoms with E-state index >= 15 is 0 Å². The Morgan fingerprint density at radius 2 is 2.33 bits per heavy atom. The third kappa shape index (κ3) is 2.98. The lowest BCUT2D eigenvalue weighted by molar-refractivity contribution is 0.0614. The number of amides is 1. The third-order valence-corrected chi connectivity index (χ3v) is 6.05. The van der Waals surface area contributed by atoms with Gasteiger partial charge in [-0.15, -0.1) is 11.3 Å². The van der Waals surface area contributed by atoms with Crippen LogP contribution in [0, 0.1) is 25.7 Å². The molecule has 2 aliphatic rings. The number of nitrogens with one attached hydrogen (secondary N) is 1. The Labute approximate surface area is 145 Å². The van der Waals surface area contributed by atoms with Crippen molar-refractivity contribution in [3.8, 4) is 0 Å². The fraction of sp³-hybridized carbons (Fsp3) is 0.588. The van der Waals surface area contributed by atoms with Crippen LogP contribution in [0.3, 0.4) is 0 Å². The number of carbonyl (C=O) groups excluding carboxylic acids is 1. The van der Waals surface area contributed by atoms with Crippen LogP contribution in [0.5, 0.6) is 0 Å². The van der Waals surface area contributed by atoms with E-state index in [0.29, 0.717) is 11.8 Å². The number of thiophene rings is 1. The summed E-state index contributed by atoms with van der Waals surface area (Å²) in [6.45, 7) is 6.28. The van der Waals surface area contributed by atoms with E-state index in [2.05, 4.69) is 15.2 Å². The number of aromatic nitrogens is 3. The Morgan fingerprint density at radius 3 is 3.04 bits per heavy atom. The van der Waals surface area contributed by atoms with Crippen molar-refractivity contribution in [1.82, 2.24) is 20.1 Å². The highest BCUT2D eigenvalue weighted by Crippen LogP contribution is 2.36. The highest BCUT2D eigenvalue weighted by Gasteiger charge is 2.42. The highest BCUT2D eigenvalue weighted by atomic mass is 32.1. The standard InChI is InChI=1S/C17H22N4O2S/c1-10-3-4-15(24-10)17(22)21-6-5-13-12(8-21)9-23-14(13)7-16-18-11(2)19-20-16/h3-4,12-14H,5-9H2,1-2H3,(H,18,19,20)/t12-,13-,14-/m1/s1. The van der Waals surface area contributed by atoms with Crippen molar-refractivity contribution in [3.05, 3.63) is 33.5 Å². The van der Waals surface area contributed by atoms with E-state index < -0.39 is 0 Å². The molecule has 4 heterocycles. The largest absolute Gasteiger partial charge is 0.377 e. The number of nitrogens with zero attached hydrogens (tertiary/aromatic N) is 3. The Hall–Kier alpha value is -1.73. The number of carbonyl (C=O) groups is 1. The number of hydrogen-bond acceptors (Lipinski definition) is 5. The maximum Gasteiger partial charge on any atom is 0.263 e. The zero-order valence-electron chi connectivity index (χ0n) is 14.0. The number of hydrogen-bond donors (Lipinski definition) is 1. The summed E-state index contributed by atoms with van der Waals surface area (Å²) in [6, 6.07) is 3.95. The average molecular weight is 346 g/mol. The molecule has 4 rings (SSSR count). The lowest BCUT2D eigenvalue weighted by Crippen LogP contribution is -2.44. The molecule has 2 aromatic heterocycles. The molecule has 0 bridgehead atoms. The second-order valence-corrected chi connectivity index (χ2v) is 8.07. The highest BCUT2D eigenvalue weighted by molar-refractivity contribution is 7.13. The molecular formula is C17H22N4O2S. The molecule has 7 heteroatoms. The van der Waals surface area contributed by atoms with E-state index in [9.17, 15) is 4.79 Å². The molecule has 2 aromatic rings. The van der Waals surface area contributed by atoms with Crippen molar-refractivity contribution in [2.45, 2.75) is 32.8 Å². The number of piperidine rings is 1. The normalized spacial score (nSPS) is 26.6. The van der Waals surface area contributed by atoms with E-state index in [-0.39, 0.29) is 12.0 Å². The lowest BCUT2D eigenvalue weighted by Gasteiger charge is -2.35. The second kappa shape index (κ2) is 6.29. The predicted octanol–water partition coefficient (Wildman–Crippen LogP) is 2.20. The number of ether oxygens (including phenoxy) is 1. The predicted molar refractivity (Wildman–Crippen MR) is 91.1 cm³/mol. The Bertz CT molecular complexity index is 741. The Kier molecular flexibility index (Phi) is 4.14. The molecule has 0 radical (unpaired) electrons. The van der Waals surface area contributed by atoms with Crippen LogP contribution in [-0.2, 0) is 11.2 Å². The van der Waals surface area contributed by atoms with Gasteiger partial charge in [-0.3, -0.25) is 9.89 Å². The molecule has 3 atom stereocenters. The molecule has 1 amide bonds. The molecule has 24 heavy (non-hydrogen) atoms. The van der Waals surface area contributed by atoms with Gasteiger partial charge in [0.2, 0.25) is 0 Å². The lowest BCUT2D eigenvalue weighted by atomic mass is 9.83. The molecule has 0 unspecified atom stereocenters. The first-order valence-corrected chi connectivity index (χ1v) is 9.27. The molecule has 2 saturated heterocycles. The van der Waals surface area contributed by atoms with Crippen LogP contribution in [0.4, 0.5) is 0 Å². The van der Waals surface area contributed by atoms with Crippen molar-refractivity contribution in [2.24, 2.45) is 11.8 Å². The van der Waals surface area contributed by atoms with Crippen LogP contribution in [0.25, 0.3) is 0 Å². The fourth-order valence-electron chi connectivity index (χ4n) is 3.85. The van der Waals surface area contributed by atoms with Gasteiger partial charge in [0, 0.05) is 30.3 Å². The first kappa shape index (κ1) is 15.8. The molecule has 0 saturated carbocycles. The van der Waals surface area contributed by atoms with Gasteiger partial charge in [0.15, 0.2) is 5.82 Å². The van der Waals surface area contributed by atoms with Crippen LogP contribution in [0.15, 0.2) is 12.1 Å². The third-order valence-electron chi connectivity index (χ3n) is 5.06. The number of rotatable bonds is 3. The van der Waals surface area contributed by atoms with Crippen LogP contribution in [0.2, 0.25) is 0 Å². The maximum absolute atomic E-state index is 12.6. The van der Waals surface area contributed by atoms with Crippen LogP contribution < -0.4 is 0 Å². The van der Waals surface area contributed by atoms with Crippen LogP contribution in [-0.4, -0.2) is 51.8 Å². The van der Waals surface area contributed by atoms with E-state index in [4.69, 9.17) is 4.74 Å². The monoisotopic (exact) mass is 346 g/mol. The summed E-state index contributed by atoms with van der Waals surface area (Å²) in [7, 11) is 0. The summed E-state index contributed by atoms with van der Waals surface area (Å²) in [5.41, 5.74) is 0. The van der Waals surface area contributed by atoms with Gasteiger partial charge >= 0.3 is 0 Å². The number of H-pyrrole nitrogens is 1. The average Bonchev–Trinajstić information content (AvgIpc) is 3.28. The van der Waals surface area contributed by atoms with Crippen LogP contribution in [0.1, 0.15) is 32.6 Å². The van der Waals surface area contributed by atoms with Gasteiger partial charge in [-0.25, -0.2) is 4.98 Å². The first-order chi connectivity index (χ1) is 11.6. The molecular weight excluding hydrogens is 324 g/mol. The first-order valence-electron chi connectivity index (χ1n) is 8.45. The number of fused-ring (bicyclic) bond motifs is 1. The van der Waals surface area contributed by atoms with E-state index in [1.165, 1.54) is 4.88 Å².